The van der Waals surface area contributed by atoms with E-state index in [-0.39, 0.29) is 5.95 Å². The molecule has 0 spiro atoms. The van der Waals surface area contributed by atoms with Crippen molar-refractivity contribution in [2.75, 3.05) is 49.6 Å². The molecule has 0 unspecified atom stereocenters. The monoisotopic (exact) mass is 250 g/mol. The molecule has 2 heterocycles. The summed E-state index contributed by atoms with van der Waals surface area (Å²) in [7, 11) is 2.13. The molecule has 100 valence electrons. The minimum absolute atomic E-state index is 0.255. The van der Waals surface area contributed by atoms with Crippen LogP contribution in [0, 0.1) is 0 Å². The van der Waals surface area contributed by atoms with Gasteiger partial charge in [0.1, 0.15) is 11.6 Å². The van der Waals surface area contributed by atoms with E-state index in [0.29, 0.717) is 11.7 Å². The molecule has 0 aliphatic carbocycles. The summed E-state index contributed by atoms with van der Waals surface area (Å²) in [6.45, 7) is 8.16. The molecule has 1 fully saturated rings. The van der Waals surface area contributed by atoms with Gasteiger partial charge < -0.3 is 21.3 Å². The number of hydrogen-bond donors (Lipinski definition) is 2. The molecule has 1 aliphatic heterocycles. The van der Waals surface area contributed by atoms with E-state index < -0.39 is 0 Å². The standard InChI is InChI=1S/C12H22N6/c1-8(2)9-10(13)15-12(14)16-11(9)18-6-4-17(3)5-7-18/h8H,4-7H2,1-3H3,(H4,13,14,15,16). The molecule has 1 aliphatic rings. The first kappa shape index (κ1) is 12.9. The highest BCUT2D eigenvalue weighted by atomic mass is 15.3. The number of nitrogens with two attached hydrogens (primary N) is 2. The van der Waals surface area contributed by atoms with Crippen LogP contribution in [0.25, 0.3) is 0 Å². The molecule has 0 bridgehead atoms. The SMILES string of the molecule is CC(C)c1c(N)nc(N)nc1N1CCN(C)CC1. The van der Waals surface area contributed by atoms with E-state index in [1.165, 1.54) is 0 Å². The maximum atomic E-state index is 5.99. The Morgan fingerprint density at radius 2 is 1.67 bits per heavy atom. The molecule has 0 amide bonds. The average Bonchev–Trinajstić information content (AvgIpc) is 2.28. The van der Waals surface area contributed by atoms with Crippen LogP contribution >= 0.6 is 0 Å². The maximum absolute atomic E-state index is 5.99. The summed E-state index contributed by atoms with van der Waals surface area (Å²) in [5.74, 6) is 1.96. The Kier molecular flexibility index (Phi) is 3.56. The van der Waals surface area contributed by atoms with Crippen molar-refractivity contribution in [3.63, 3.8) is 0 Å². The molecule has 18 heavy (non-hydrogen) atoms. The Morgan fingerprint density at radius 3 is 2.22 bits per heavy atom. The highest BCUT2D eigenvalue weighted by Gasteiger charge is 2.22. The lowest BCUT2D eigenvalue weighted by Gasteiger charge is -2.34. The van der Waals surface area contributed by atoms with Crippen LogP contribution < -0.4 is 16.4 Å². The number of likely N-dealkylation sites (N-methyl/N-ethyl adjacent to an activating group) is 1. The molecular weight excluding hydrogens is 228 g/mol. The number of hydrogen-bond acceptors (Lipinski definition) is 6. The van der Waals surface area contributed by atoms with E-state index in [2.05, 4.69) is 40.7 Å². The number of anilines is 3. The third-order valence-electron chi connectivity index (χ3n) is 3.35. The molecular formula is C12H22N6. The lowest BCUT2D eigenvalue weighted by atomic mass is 10.0. The number of nitrogen functional groups attached to an aromatic ring is 2. The van der Waals surface area contributed by atoms with E-state index in [1.54, 1.807) is 0 Å². The first-order valence-electron chi connectivity index (χ1n) is 6.35. The van der Waals surface area contributed by atoms with Crippen LogP contribution in [-0.2, 0) is 0 Å². The van der Waals surface area contributed by atoms with Gasteiger partial charge in [-0.1, -0.05) is 13.8 Å². The smallest absolute Gasteiger partial charge is 0.223 e. The molecule has 2 rings (SSSR count). The average molecular weight is 250 g/mol. The Balaban J connectivity index is 2.36. The van der Waals surface area contributed by atoms with Crippen LogP contribution in [0.3, 0.4) is 0 Å². The fraction of sp³-hybridized carbons (Fsp3) is 0.667. The maximum Gasteiger partial charge on any atom is 0.223 e. The van der Waals surface area contributed by atoms with Gasteiger partial charge in [-0.2, -0.15) is 9.97 Å². The Bertz CT molecular complexity index is 423. The Hall–Kier alpha value is -1.56. The van der Waals surface area contributed by atoms with Crippen molar-refractivity contribution in [1.82, 2.24) is 14.9 Å². The van der Waals surface area contributed by atoms with Crippen molar-refractivity contribution in [1.29, 1.82) is 0 Å². The van der Waals surface area contributed by atoms with Gasteiger partial charge in [0.05, 0.1) is 0 Å². The lowest BCUT2D eigenvalue weighted by Crippen LogP contribution is -2.45. The predicted molar refractivity (Wildman–Crippen MR) is 74.7 cm³/mol. The Morgan fingerprint density at radius 1 is 1.06 bits per heavy atom. The normalized spacial score (nSPS) is 17.4. The van der Waals surface area contributed by atoms with Crippen LogP contribution in [0.2, 0.25) is 0 Å². The number of nitrogens with zero attached hydrogens (tertiary/aromatic N) is 4. The highest BCUT2D eigenvalue weighted by molar-refractivity contribution is 5.61. The first-order chi connectivity index (χ1) is 8.49. The van der Waals surface area contributed by atoms with Gasteiger partial charge in [-0.05, 0) is 13.0 Å². The fourth-order valence-electron chi connectivity index (χ4n) is 2.31. The van der Waals surface area contributed by atoms with Crippen LogP contribution in [0.15, 0.2) is 0 Å². The second-order valence-electron chi connectivity index (χ2n) is 5.15. The number of aromatic nitrogens is 2. The third kappa shape index (κ3) is 2.48. The lowest BCUT2D eigenvalue weighted by molar-refractivity contribution is 0.311. The Labute approximate surface area is 108 Å². The molecule has 1 saturated heterocycles. The first-order valence-corrected chi connectivity index (χ1v) is 6.35. The molecule has 1 aromatic rings. The van der Waals surface area contributed by atoms with Crippen molar-refractivity contribution in [2.45, 2.75) is 19.8 Å². The zero-order valence-corrected chi connectivity index (χ0v) is 11.3. The summed E-state index contributed by atoms with van der Waals surface area (Å²) >= 11 is 0. The largest absolute Gasteiger partial charge is 0.383 e. The van der Waals surface area contributed by atoms with Crippen LogP contribution in [-0.4, -0.2) is 48.1 Å². The molecule has 0 atom stereocenters. The predicted octanol–water partition coefficient (Wildman–Crippen LogP) is 0.516. The minimum Gasteiger partial charge on any atom is -0.383 e. The van der Waals surface area contributed by atoms with Gasteiger partial charge in [0, 0.05) is 31.7 Å². The van der Waals surface area contributed by atoms with Crippen LogP contribution in [0.5, 0.6) is 0 Å². The minimum atomic E-state index is 0.255. The van der Waals surface area contributed by atoms with E-state index in [0.717, 1.165) is 37.6 Å². The summed E-state index contributed by atoms with van der Waals surface area (Å²) in [6.07, 6.45) is 0. The van der Waals surface area contributed by atoms with Crippen molar-refractivity contribution < 1.29 is 0 Å². The van der Waals surface area contributed by atoms with Gasteiger partial charge >= 0.3 is 0 Å². The quantitative estimate of drug-likeness (QED) is 0.796. The summed E-state index contributed by atoms with van der Waals surface area (Å²) in [6, 6.07) is 0. The topological polar surface area (TPSA) is 84.3 Å². The van der Waals surface area contributed by atoms with Gasteiger partial charge in [-0.3, -0.25) is 0 Å². The zero-order valence-electron chi connectivity index (χ0n) is 11.3. The summed E-state index contributed by atoms with van der Waals surface area (Å²) in [5.41, 5.74) is 12.7. The van der Waals surface area contributed by atoms with Gasteiger partial charge in [0.15, 0.2) is 0 Å². The molecule has 6 heteroatoms. The van der Waals surface area contributed by atoms with E-state index in [1.807, 2.05) is 0 Å². The van der Waals surface area contributed by atoms with E-state index in [4.69, 9.17) is 11.5 Å². The van der Waals surface area contributed by atoms with Gasteiger partial charge in [-0.15, -0.1) is 0 Å². The zero-order chi connectivity index (χ0) is 13.3. The number of piperazine rings is 1. The third-order valence-corrected chi connectivity index (χ3v) is 3.35. The van der Waals surface area contributed by atoms with Crippen LogP contribution in [0.4, 0.5) is 17.6 Å². The van der Waals surface area contributed by atoms with Gasteiger partial charge in [-0.25, -0.2) is 0 Å². The van der Waals surface area contributed by atoms with Crippen LogP contribution in [0.1, 0.15) is 25.3 Å². The summed E-state index contributed by atoms with van der Waals surface area (Å²) < 4.78 is 0. The van der Waals surface area contributed by atoms with Crippen molar-refractivity contribution in [3.8, 4) is 0 Å². The van der Waals surface area contributed by atoms with Crippen molar-refractivity contribution in [2.24, 2.45) is 0 Å². The molecule has 1 aromatic heterocycles. The van der Waals surface area contributed by atoms with Crippen molar-refractivity contribution >= 4 is 17.6 Å². The van der Waals surface area contributed by atoms with E-state index >= 15 is 0 Å². The number of rotatable bonds is 2. The van der Waals surface area contributed by atoms with Gasteiger partial charge in [0.2, 0.25) is 5.95 Å². The van der Waals surface area contributed by atoms with Crippen molar-refractivity contribution in [3.05, 3.63) is 5.56 Å². The van der Waals surface area contributed by atoms with Gasteiger partial charge in [0.25, 0.3) is 0 Å². The van der Waals surface area contributed by atoms with E-state index in [9.17, 15) is 0 Å². The molecule has 6 nitrogen and oxygen atoms in total. The summed E-state index contributed by atoms with van der Waals surface area (Å²) in [5, 5.41) is 0. The second kappa shape index (κ2) is 4.97. The second-order valence-corrected chi connectivity index (χ2v) is 5.15. The molecule has 0 aromatic carbocycles. The molecule has 0 saturated carbocycles. The highest BCUT2D eigenvalue weighted by Crippen LogP contribution is 2.30. The summed E-state index contributed by atoms with van der Waals surface area (Å²) in [4.78, 5) is 13.0. The molecule has 0 radical (unpaired) electrons. The fourth-order valence-corrected chi connectivity index (χ4v) is 2.31. The molecule has 4 N–H and O–H groups in total.